The zero-order valence-corrected chi connectivity index (χ0v) is 14.8. The van der Waals surface area contributed by atoms with Gasteiger partial charge in [0.2, 0.25) is 0 Å². The van der Waals surface area contributed by atoms with E-state index in [4.69, 9.17) is 40.5 Å². The Bertz CT molecular complexity index is 916. The van der Waals surface area contributed by atoms with Crippen LogP contribution in [0.25, 0.3) is 11.3 Å². The number of azo groups is 1. The van der Waals surface area contributed by atoms with Crippen LogP contribution in [0.1, 0.15) is 0 Å². The molecule has 0 aliphatic heterocycles. The Labute approximate surface area is 153 Å². The van der Waals surface area contributed by atoms with Gasteiger partial charge in [-0.2, -0.15) is 5.10 Å². The fourth-order valence-corrected chi connectivity index (χ4v) is 2.67. The number of hydrogen-bond acceptors (Lipinski definition) is 4. The average Bonchev–Trinajstić information content (AvgIpc) is 2.83. The van der Waals surface area contributed by atoms with Crippen LogP contribution in [0.3, 0.4) is 0 Å². The van der Waals surface area contributed by atoms with Gasteiger partial charge in [0.15, 0.2) is 5.69 Å². The quantitative estimate of drug-likeness (QED) is 0.562. The van der Waals surface area contributed by atoms with Crippen LogP contribution < -0.4 is 5.73 Å². The van der Waals surface area contributed by atoms with E-state index in [9.17, 15) is 0 Å². The van der Waals surface area contributed by atoms with Crippen LogP contribution in [0.15, 0.2) is 52.7 Å². The van der Waals surface area contributed by atoms with Crippen molar-refractivity contribution in [3.05, 3.63) is 57.5 Å². The number of benzene rings is 2. The van der Waals surface area contributed by atoms with Crippen molar-refractivity contribution in [2.75, 3.05) is 5.73 Å². The number of aromatic nitrogens is 2. The minimum Gasteiger partial charge on any atom is -0.382 e. The Morgan fingerprint density at radius 2 is 1.62 bits per heavy atom. The van der Waals surface area contributed by atoms with Crippen LogP contribution in [0.4, 0.5) is 17.2 Å². The van der Waals surface area contributed by atoms with Crippen molar-refractivity contribution in [2.24, 2.45) is 17.3 Å². The third-order valence-corrected chi connectivity index (χ3v) is 4.14. The maximum atomic E-state index is 6.11. The molecule has 0 saturated heterocycles. The first-order valence-corrected chi connectivity index (χ1v) is 8.04. The standard InChI is InChI=1S/C16H12Cl3N5/c1-24-16(20)15(14(23-24)9-2-4-10(17)5-3-9)22-21-13-7-6-11(18)8-12(13)19/h2-8H,20H2,1H3. The van der Waals surface area contributed by atoms with E-state index in [0.717, 1.165) is 5.56 Å². The summed E-state index contributed by atoms with van der Waals surface area (Å²) in [5, 5.41) is 14.4. The van der Waals surface area contributed by atoms with E-state index in [2.05, 4.69) is 15.3 Å². The van der Waals surface area contributed by atoms with Crippen LogP contribution in [-0.4, -0.2) is 9.78 Å². The predicted molar refractivity (Wildman–Crippen MR) is 98.7 cm³/mol. The van der Waals surface area contributed by atoms with E-state index < -0.39 is 0 Å². The summed E-state index contributed by atoms with van der Waals surface area (Å²) in [5.74, 6) is 0.397. The maximum Gasteiger partial charge on any atom is 0.155 e. The lowest BCUT2D eigenvalue weighted by molar-refractivity contribution is 0.782. The first kappa shape index (κ1) is 16.8. The summed E-state index contributed by atoms with van der Waals surface area (Å²) < 4.78 is 1.54. The smallest absolute Gasteiger partial charge is 0.155 e. The molecule has 8 heteroatoms. The summed E-state index contributed by atoms with van der Waals surface area (Å²) in [6.07, 6.45) is 0. The highest BCUT2D eigenvalue weighted by atomic mass is 35.5. The van der Waals surface area contributed by atoms with Crippen molar-refractivity contribution in [2.45, 2.75) is 0 Å². The molecule has 1 aromatic heterocycles. The average molecular weight is 381 g/mol. The predicted octanol–water partition coefficient (Wildman–Crippen LogP) is 6.04. The van der Waals surface area contributed by atoms with Crippen LogP contribution in [0.5, 0.6) is 0 Å². The first-order chi connectivity index (χ1) is 11.5. The molecule has 3 rings (SSSR count). The Hall–Kier alpha value is -2.08. The van der Waals surface area contributed by atoms with E-state index in [1.165, 1.54) is 0 Å². The van der Waals surface area contributed by atoms with E-state index in [1.807, 2.05) is 12.1 Å². The van der Waals surface area contributed by atoms with Gasteiger partial charge < -0.3 is 5.73 Å². The molecule has 0 saturated carbocycles. The van der Waals surface area contributed by atoms with Gasteiger partial charge in [-0.1, -0.05) is 46.9 Å². The molecule has 24 heavy (non-hydrogen) atoms. The number of rotatable bonds is 3. The third-order valence-electron chi connectivity index (χ3n) is 3.35. The van der Waals surface area contributed by atoms with Crippen molar-refractivity contribution < 1.29 is 0 Å². The number of hydrogen-bond donors (Lipinski definition) is 1. The molecule has 5 nitrogen and oxygen atoms in total. The lowest BCUT2D eigenvalue weighted by Crippen LogP contribution is -1.96. The number of nitrogens with two attached hydrogens (primary N) is 1. The van der Waals surface area contributed by atoms with Gasteiger partial charge in [-0.15, -0.1) is 10.2 Å². The second kappa shape index (κ2) is 6.81. The Balaban J connectivity index is 2.04. The summed E-state index contributed by atoms with van der Waals surface area (Å²) in [6, 6.07) is 12.2. The molecular weight excluding hydrogens is 369 g/mol. The monoisotopic (exact) mass is 379 g/mol. The molecular formula is C16H12Cl3N5. The van der Waals surface area contributed by atoms with E-state index in [-0.39, 0.29) is 0 Å². The minimum absolute atomic E-state index is 0.397. The molecule has 1 heterocycles. The molecule has 0 spiro atoms. The fourth-order valence-electron chi connectivity index (χ4n) is 2.09. The number of nitrogen functional groups attached to an aromatic ring is 1. The van der Waals surface area contributed by atoms with E-state index >= 15 is 0 Å². The molecule has 122 valence electrons. The lowest BCUT2D eigenvalue weighted by Gasteiger charge is -2.00. The van der Waals surface area contributed by atoms with Gasteiger partial charge in [0.1, 0.15) is 17.2 Å². The Morgan fingerprint density at radius 1 is 0.958 bits per heavy atom. The molecule has 0 fully saturated rings. The number of halogens is 3. The molecule has 3 aromatic rings. The van der Waals surface area contributed by atoms with Crippen LogP contribution in [0, 0.1) is 0 Å². The second-order valence-corrected chi connectivity index (χ2v) is 6.29. The van der Waals surface area contributed by atoms with Gasteiger partial charge in [0.25, 0.3) is 0 Å². The van der Waals surface area contributed by atoms with Crippen LogP contribution >= 0.6 is 34.8 Å². The summed E-state index contributed by atoms with van der Waals surface area (Å²) in [5.41, 5.74) is 8.47. The number of nitrogens with zero attached hydrogens (tertiary/aromatic N) is 4. The summed E-state index contributed by atoms with van der Waals surface area (Å²) in [7, 11) is 1.74. The normalized spacial score (nSPS) is 11.3. The highest BCUT2D eigenvalue weighted by molar-refractivity contribution is 6.36. The first-order valence-electron chi connectivity index (χ1n) is 6.91. The highest BCUT2D eigenvalue weighted by Crippen LogP contribution is 2.37. The van der Waals surface area contributed by atoms with Gasteiger partial charge in [-0.25, -0.2) is 0 Å². The van der Waals surface area contributed by atoms with Gasteiger partial charge in [0, 0.05) is 22.7 Å². The molecule has 0 bridgehead atoms. The maximum absolute atomic E-state index is 6.11. The lowest BCUT2D eigenvalue weighted by atomic mass is 10.1. The van der Waals surface area contributed by atoms with E-state index in [0.29, 0.717) is 38.0 Å². The molecule has 0 aliphatic rings. The highest BCUT2D eigenvalue weighted by Gasteiger charge is 2.15. The molecule has 2 aromatic carbocycles. The van der Waals surface area contributed by atoms with Crippen molar-refractivity contribution in [1.82, 2.24) is 9.78 Å². The van der Waals surface area contributed by atoms with Gasteiger partial charge in [0.05, 0.1) is 5.02 Å². The van der Waals surface area contributed by atoms with Gasteiger partial charge in [-0.05, 0) is 30.3 Å². The second-order valence-electron chi connectivity index (χ2n) is 5.01. The van der Waals surface area contributed by atoms with Crippen LogP contribution in [0.2, 0.25) is 15.1 Å². The Kier molecular flexibility index (Phi) is 4.76. The number of anilines is 1. The zero-order chi connectivity index (χ0) is 17.3. The van der Waals surface area contributed by atoms with Crippen molar-refractivity contribution in [3.63, 3.8) is 0 Å². The molecule has 0 atom stereocenters. The number of aryl methyl sites for hydroxylation is 1. The minimum atomic E-state index is 0.397. The van der Waals surface area contributed by atoms with Crippen molar-refractivity contribution in [3.8, 4) is 11.3 Å². The fraction of sp³-hybridized carbons (Fsp3) is 0.0625. The van der Waals surface area contributed by atoms with E-state index in [1.54, 1.807) is 42.1 Å². The Morgan fingerprint density at radius 3 is 2.29 bits per heavy atom. The molecule has 0 amide bonds. The van der Waals surface area contributed by atoms with Crippen molar-refractivity contribution >= 4 is 52.0 Å². The zero-order valence-electron chi connectivity index (χ0n) is 12.5. The summed E-state index contributed by atoms with van der Waals surface area (Å²) >= 11 is 17.9. The van der Waals surface area contributed by atoms with Gasteiger partial charge >= 0.3 is 0 Å². The topological polar surface area (TPSA) is 68.6 Å². The molecule has 0 radical (unpaired) electrons. The van der Waals surface area contributed by atoms with Crippen molar-refractivity contribution in [1.29, 1.82) is 0 Å². The van der Waals surface area contributed by atoms with Gasteiger partial charge in [-0.3, -0.25) is 4.68 Å². The van der Waals surface area contributed by atoms with Crippen LogP contribution in [-0.2, 0) is 7.05 Å². The molecule has 2 N–H and O–H groups in total. The SMILES string of the molecule is Cn1nc(-c2ccc(Cl)cc2)c(N=Nc2ccc(Cl)cc2Cl)c1N. The summed E-state index contributed by atoms with van der Waals surface area (Å²) in [6.45, 7) is 0. The third kappa shape index (κ3) is 3.38. The molecule has 0 aliphatic carbocycles. The largest absolute Gasteiger partial charge is 0.382 e. The summed E-state index contributed by atoms with van der Waals surface area (Å²) in [4.78, 5) is 0. The molecule has 0 unspecified atom stereocenters.